The van der Waals surface area contributed by atoms with Crippen molar-refractivity contribution in [3.05, 3.63) is 35.5 Å². The molecule has 0 bridgehead atoms. The van der Waals surface area contributed by atoms with E-state index in [1.165, 1.54) is 0 Å². The van der Waals surface area contributed by atoms with E-state index in [-0.39, 0.29) is 0 Å². The van der Waals surface area contributed by atoms with E-state index >= 15 is 0 Å². The van der Waals surface area contributed by atoms with Crippen molar-refractivity contribution in [1.29, 1.82) is 0 Å². The summed E-state index contributed by atoms with van der Waals surface area (Å²) in [6, 6.07) is 7.60. The molecular weight excluding hydrogens is 236 g/mol. The number of pyridine rings is 1. The summed E-state index contributed by atoms with van der Waals surface area (Å²) < 4.78 is 5.82. The zero-order chi connectivity index (χ0) is 11.7. The molecule has 3 rings (SSSR count). The second kappa shape index (κ2) is 4.51. The summed E-state index contributed by atoms with van der Waals surface area (Å²) in [6.07, 6.45) is 1.76. The van der Waals surface area contributed by atoms with Crippen LogP contribution < -0.4 is 10.1 Å². The SMILES string of the molecule is Clc1ccc(OCC2CNC2)c2ncccc12. The van der Waals surface area contributed by atoms with E-state index < -0.39 is 0 Å². The molecule has 1 N–H and O–H groups in total. The lowest BCUT2D eigenvalue weighted by molar-refractivity contribution is 0.200. The summed E-state index contributed by atoms with van der Waals surface area (Å²) in [6.45, 7) is 2.82. The summed E-state index contributed by atoms with van der Waals surface area (Å²) in [4.78, 5) is 4.34. The van der Waals surface area contributed by atoms with Crippen LogP contribution in [0.2, 0.25) is 5.02 Å². The van der Waals surface area contributed by atoms with Gasteiger partial charge in [0.15, 0.2) is 0 Å². The maximum atomic E-state index is 6.12. The minimum atomic E-state index is 0.615. The van der Waals surface area contributed by atoms with E-state index in [4.69, 9.17) is 16.3 Å². The van der Waals surface area contributed by atoms with Crippen molar-refractivity contribution in [2.24, 2.45) is 5.92 Å². The highest BCUT2D eigenvalue weighted by Gasteiger charge is 2.17. The van der Waals surface area contributed by atoms with Gasteiger partial charge in [0.1, 0.15) is 11.3 Å². The van der Waals surface area contributed by atoms with Crippen LogP contribution in [0, 0.1) is 5.92 Å². The van der Waals surface area contributed by atoms with Gasteiger partial charge in [0.2, 0.25) is 0 Å². The van der Waals surface area contributed by atoms with Crippen molar-refractivity contribution in [2.45, 2.75) is 0 Å². The molecule has 0 saturated carbocycles. The zero-order valence-electron chi connectivity index (χ0n) is 9.32. The molecule has 1 aliphatic heterocycles. The molecule has 4 heteroatoms. The smallest absolute Gasteiger partial charge is 0.145 e. The normalized spacial score (nSPS) is 15.8. The third-order valence-corrected chi connectivity index (χ3v) is 3.35. The lowest BCUT2D eigenvalue weighted by atomic mass is 10.1. The maximum Gasteiger partial charge on any atom is 0.145 e. The number of hydrogen-bond donors (Lipinski definition) is 1. The van der Waals surface area contributed by atoms with Gasteiger partial charge < -0.3 is 10.1 Å². The van der Waals surface area contributed by atoms with Crippen LogP contribution >= 0.6 is 11.6 Å². The Labute approximate surface area is 105 Å². The van der Waals surface area contributed by atoms with E-state index in [2.05, 4.69) is 10.3 Å². The molecule has 3 nitrogen and oxygen atoms in total. The predicted octanol–water partition coefficient (Wildman–Crippen LogP) is 2.49. The molecule has 0 amide bonds. The molecule has 2 aromatic rings. The fourth-order valence-corrected chi connectivity index (χ4v) is 2.12. The lowest BCUT2D eigenvalue weighted by Gasteiger charge is -2.26. The minimum Gasteiger partial charge on any atom is -0.491 e. The van der Waals surface area contributed by atoms with Gasteiger partial charge >= 0.3 is 0 Å². The Balaban J connectivity index is 1.90. The van der Waals surface area contributed by atoms with E-state index in [0.717, 1.165) is 36.3 Å². The second-order valence-electron chi connectivity index (χ2n) is 4.28. The molecule has 0 unspecified atom stereocenters. The number of aromatic nitrogens is 1. The van der Waals surface area contributed by atoms with Crippen LogP contribution in [-0.4, -0.2) is 24.7 Å². The first-order chi connectivity index (χ1) is 8.34. The Morgan fingerprint density at radius 3 is 3.00 bits per heavy atom. The largest absolute Gasteiger partial charge is 0.491 e. The van der Waals surface area contributed by atoms with Crippen molar-refractivity contribution in [2.75, 3.05) is 19.7 Å². The molecule has 1 saturated heterocycles. The van der Waals surface area contributed by atoms with Gasteiger partial charge in [0.05, 0.1) is 11.6 Å². The predicted molar refractivity (Wildman–Crippen MR) is 68.6 cm³/mol. The lowest BCUT2D eigenvalue weighted by Crippen LogP contribution is -2.45. The maximum absolute atomic E-state index is 6.12. The molecule has 0 aliphatic carbocycles. The van der Waals surface area contributed by atoms with Crippen LogP contribution in [0.5, 0.6) is 5.75 Å². The van der Waals surface area contributed by atoms with Crippen molar-refractivity contribution < 1.29 is 4.74 Å². The standard InChI is InChI=1S/C13H13ClN2O/c14-11-3-4-12(17-8-9-6-15-7-9)13-10(11)2-1-5-16-13/h1-5,9,15H,6-8H2. The highest BCUT2D eigenvalue weighted by Crippen LogP contribution is 2.29. The van der Waals surface area contributed by atoms with Crippen molar-refractivity contribution >= 4 is 22.5 Å². The molecule has 17 heavy (non-hydrogen) atoms. The van der Waals surface area contributed by atoms with Crippen molar-refractivity contribution in [3.8, 4) is 5.75 Å². The summed E-state index contributed by atoms with van der Waals surface area (Å²) in [7, 11) is 0. The molecular formula is C13H13ClN2O. The molecule has 88 valence electrons. The molecule has 1 fully saturated rings. The van der Waals surface area contributed by atoms with Crippen LogP contribution in [0.15, 0.2) is 30.5 Å². The number of fused-ring (bicyclic) bond motifs is 1. The monoisotopic (exact) mass is 248 g/mol. The fraction of sp³-hybridized carbons (Fsp3) is 0.308. The van der Waals surface area contributed by atoms with Gasteiger partial charge in [-0.2, -0.15) is 0 Å². The van der Waals surface area contributed by atoms with Gasteiger partial charge in [-0.3, -0.25) is 4.98 Å². The fourth-order valence-electron chi connectivity index (χ4n) is 1.90. The number of benzene rings is 1. The number of ether oxygens (including phenoxy) is 1. The summed E-state index contributed by atoms with van der Waals surface area (Å²) in [5, 5.41) is 4.88. The molecule has 1 aromatic carbocycles. The first-order valence-electron chi connectivity index (χ1n) is 5.71. The topological polar surface area (TPSA) is 34.1 Å². The molecule has 1 aliphatic rings. The van der Waals surface area contributed by atoms with E-state index in [9.17, 15) is 0 Å². The first-order valence-corrected chi connectivity index (χ1v) is 6.09. The van der Waals surface area contributed by atoms with Crippen LogP contribution in [0.25, 0.3) is 10.9 Å². The first kappa shape index (κ1) is 10.8. The Hall–Kier alpha value is -1.32. The molecule has 0 atom stereocenters. The summed E-state index contributed by atoms with van der Waals surface area (Å²) >= 11 is 6.12. The number of nitrogens with one attached hydrogen (secondary N) is 1. The Bertz CT molecular complexity index is 540. The summed E-state index contributed by atoms with van der Waals surface area (Å²) in [5.41, 5.74) is 0.840. The van der Waals surface area contributed by atoms with Crippen molar-refractivity contribution in [3.63, 3.8) is 0 Å². The summed E-state index contributed by atoms with van der Waals surface area (Å²) in [5.74, 6) is 1.43. The number of halogens is 1. The minimum absolute atomic E-state index is 0.615. The average molecular weight is 249 g/mol. The highest BCUT2D eigenvalue weighted by atomic mass is 35.5. The highest BCUT2D eigenvalue weighted by molar-refractivity contribution is 6.35. The van der Waals surface area contributed by atoms with Gasteiger partial charge in [0, 0.05) is 30.6 Å². The second-order valence-corrected chi connectivity index (χ2v) is 4.69. The molecule has 2 heterocycles. The van der Waals surface area contributed by atoms with Gasteiger partial charge in [0.25, 0.3) is 0 Å². The van der Waals surface area contributed by atoms with Gasteiger partial charge in [-0.05, 0) is 24.3 Å². The molecule has 0 radical (unpaired) electrons. The van der Waals surface area contributed by atoms with E-state index in [1.54, 1.807) is 6.20 Å². The third-order valence-electron chi connectivity index (χ3n) is 3.02. The third kappa shape index (κ3) is 2.08. The Morgan fingerprint density at radius 2 is 2.24 bits per heavy atom. The van der Waals surface area contributed by atoms with Crippen LogP contribution in [0.3, 0.4) is 0 Å². The van der Waals surface area contributed by atoms with E-state index in [1.807, 2.05) is 24.3 Å². The van der Waals surface area contributed by atoms with Gasteiger partial charge in [-0.25, -0.2) is 0 Å². The van der Waals surface area contributed by atoms with Gasteiger partial charge in [-0.1, -0.05) is 11.6 Å². The van der Waals surface area contributed by atoms with Crippen LogP contribution in [-0.2, 0) is 0 Å². The zero-order valence-corrected chi connectivity index (χ0v) is 10.1. The number of hydrogen-bond acceptors (Lipinski definition) is 3. The van der Waals surface area contributed by atoms with Crippen LogP contribution in [0.4, 0.5) is 0 Å². The quantitative estimate of drug-likeness (QED) is 0.906. The Kier molecular flexibility index (Phi) is 2.87. The van der Waals surface area contributed by atoms with E-state index in [0.29, 0.717) is 10.9 Å². The number of rotatable bonds is 3. The van der Waals surface area contributed by atoms with Gasteiger partial charge in [-0.15, -0.1) is 0 Å². The molecule has 0 spiro atoms. The number of nitrogens with zero attached hydrogens (tertiary/aromatic N) is 1. The van der Waals surface area contributed by atoms with Crippen LogP contribution in [0.1, 0.15) is 0 Å². The van der Waals surface area contributed by atoms with Crippen molar-refractivity contribution in [1.82, 2.24) is 10.3 Å². The average Bonchev–Trinajstić information content (AvgIpc) is 2.30. The molecule has 1 aromatic heterocycles. The Morgan fingerprint density at radius 1 is 1.35 bits per heavy atom.